The normalized spacial score (nSPS) is 11.9. The van der Waals surface area contributed by atoms with Crippen LogP contribution in [0.15, 0.2) is 10.6 Å². The van der Waals surface area contributed by atoms with Crippen molar-refractivity contribution in [3.8, 4) is 0 Å². The number of aromatic nitrogens is 1. The lowest BCUT2D eigenvalue weighted by Crippen LogP contribution is -2.40. The molecule has 6 nitrogen and oxygen atoms in total. The van der Waals surface area contributed by atoms with Crippen LogP contribution in [0.1, 0.15) is 38.8 Å². The molecule has 1 rings (SSSR count). The van der Waals surface area contributed by atoms with E-state index in [1.807, 2.05) is 20.8 Å². The zero-order valence-electron chi connectivity index (χ0n) is 11.6. The van der Waals surface area contributed by atoms with Crippen molar-refractivity contribution in [2.24, 2.45) is 0 Å². The van der Waals surface area contributed by atoms with Crippen molar-refractivity contribution in [2.45, 2.75) is 45.1 Å². The van der Waals surface area contributed by atoms with Crippen LogP contribution in [0, 0.1) is 0 Å². The van der Waals surface area contributed by atoms with Crippen molar-refractivity contribution in [3.05, 3.63) is 17.8 Å². The highest BCUT2D eigenvalue weighted by Crippen LogP contribution is 2.22. The van der Waals surface area contributed by atoms with Crippen molar-refractivity contribution in [3.63, 3.8) is 0 Å². The standard InChI is InChI=1S/C13H22N2O4/c1-13(2,3)10-6-14-12(19-10)5-4-11(18)15-9(7-16)8-17/h6,9,16-17H,4-5,7-8H2,1-3H3,(H,15,18). The number of rotatable bonds is 6. The molecule has 0 bridgehead atoms. The van der Waals surface area contributed by atoms with E-state index in [4.69, 9.17) is 14.6 Å². The fraction of sp³-hybridized carbons (Fsp3) is 0.692. The van der Waals surface area contributed by atoms with Gasteiger partial charge in [-0.05, 0) is 0 Å². The Morgan fingerprint density at radius 1 is 1.42 bits per heavy atom. The van der Waals surface area contributed by atoms with Crippen LogP contribution in [0.5, 0.6) is 0 Å². The van der Waals surface area contributed by atoms with Crippen LogP contribution >= 0.6 is 0 Å². The zero-order valence-corrected chi connectivity index (χ0v) is 11.6. The molecule has 0 aliphatic heterocycles. The molecule has 0 aliphatic rings. The van der Waals surface area contributed by atoms with Crippen LogP contribution in [0.4, 0.5) is 0 Å². The Morgan fingerprint density at radius 2 is 2.05 bits per heavy atom. The predicted molar refractivity (Wildman–Crippen MR) is 69.6 cm³/mol. The summed E-state index contributed by atoms with van der Waals surface area (Å²) in [6, 6.07) is -0.609. The van der Waals surface area contributed by atoms with E-state index in [1.54, 1.807) is 6.20 Å². The van der Waals surface area contributed by atoms with E-state index < -0.39 is 6.04 Å². The second-order valence-corrected chi connectivity index (χ2v) is 5.50. The van der Waals surface area contributed by atoms with Gasteiger partial charge in [-0.2, -0.15) is 0 Å². The highest BCUT2D eigenvalue weighted by molar-refractivity contribution is 5.76. The summed E-state index contributed by atoms with van der Waals surface area (Å²) < 4.78 is 5.57. The molecule has 6 heteroatoms. The van der Waals surface area contributed by atoms with Gasteiger partial charge in [0.2, 0.25) is 5.91 Å². The quantitative estimate of drug-likeness (QED) is 0.694. The number of hydrogen-bond acceptors (Lipinski definition) is 5. The summed E-state index contributed by atoms with van der Waals surface area (Å²) in [5.74, 6) is 1.06. The van der Waals surface area contributed by atoms with Crippen molar-refractivity contribution in [1.82, 2.24) is 10.3 Å². The molecule has 0 aromatic carbocycles. The Hall–Kier alpha value is -1.40. The number of hydrogen-bond donors (Lipinski definition) is 3. The first kappa shape index (κ1) is 15.7. The molecule has 1 amide bonds. The van der Waals surface area contributed by atoms with Crippen LogP contribution in [0.2, 0.25) is 0 Å². The summed E-state index contributed by atoms with van der Waals surface area (Å²) in [7, 11) is 0. The number of amides is 1. The first-order chi connectivity index (χ1) is 8.86. The van der Waals surface area contributed by atoms with Crippen molar-refractivity contribution in [1.29, 1.82) is 0 Å². The van der Waals surface area contributed by atoms with E-state index in [0.717, 1.165) is 5.76 Å². The van der Waals surface area contributed by atoms with Crippen LogP contribution in [0.3, 0.4) is 0 Å². The molecule has 19 heavy (non-hydrogen) atoms. The van der Waals surface area contributed by atoms with E-state index in [0.29, 0.717) is 12.3 Å². The molecular weight excluding hydrogens is 248 g/mol. The maximum absolute atomic E-state index is 11.5. The lowest BCUT2D eigenvalue weighted by Gasteiger charge is -2.13. The fourth-order valence-electron chi connectivity index (χ4n) is 1.44. The molecule has 0 atom stereocenters. The molecule has 0 spiro atoms. The number of nitrogens with one attached hydrogen (secondary N) is 1. The Kier molecular flexibility index (Phi) is 5.50. The van der Waals surface area contributed by atoms with Gasteiger partial charge in [0.1, 0.15) is 5.76 Å². The molecule has 108 valence electrons. The second kappa shape index (κ2) is 6.68. The van der Waals surface area contributed by atoms with Gasteiger partial charge < -0.3 is 19.9 Å². The van der Waals surface area contributed by atoms with E-state index >= 15 is 0 Å². The molecule has 0 unspecified atom stereocenters. The minimum Gasteiger partial charge on any atom is -0.445 e. The molecule has 0 fully saturated rings. The largest absolute Gasteiger partial charge is 0.445 e. The SMILES string of the molecule is CC(C)(C)c1cnc(CCC(=O)NC(CO)CO)o1. The Bertz CT molecular complexity index is 405. The average Bonchev–Trinajstić information content (AvgIpc) is 2.82. The third-order valence-electron chi connectivity index (χ3n) is 2.66. The van der Waals surface area contributed by atoms with Crippen LogP contribution < -0.4 is 5.32 Å². The molecule has 0 saturated heterocycles. The highest BCUT2D eigenvalue weighted by Gasteiger charge is 2.19. The molecule has 3 N–H and O–H groups in total. The fourth-order valence-corrected chi connectivity index (χ4v) is 1.44. The minimum atomic E-state index is -0.609. The van der Waals surface area contributed by atoms with Crippen LogP contribution in [-0.2, 0) is 16.6 Å². The molecule has 1 aromatic rings. The summed E-state index contributed by atoms with van der Waals surface area (Å²) in [6.45, 7) is 5.51. The molecule has 1 aromatic heterocycles. The Balaban J connectivity index is 2.44. The van der Waals surface area contributed by atoms with E-state index in [-0.39, 0.29) is 31.0 Å². The summed E-state index contributed by atoms with van der Waals surface area (Å²) in [5, 5.41) is 20.2. The first-order valence-corrected chi connectivity index (χ1v) is 6.33. The number of aryl methyl sites for hydroxylation is 1. The number of carbonyl (C=O) groups is 1. The van der Waals surface area contributed by atoms with Crippen LogP contribution in [0.25, 0.3) is 0 Å². The summed E-state index contributed by atoms with van der Waals surface area (Å²) in [5.41, 5.74) is -0.105. The lowest BCUT2D eigenvalue weighted by molar-refractivity contribution is -0.122. The monoisotopic (exact) mass is 270 g/mol. The summed E-state index contributed by atoms with van der Waals surface area (Å²) in [4.78, 5) is 15.7. The first-order valence-electron chi connectivity index (χ1n) is 6.33. The van der Waals surface area contributed by atoms with Gasteiger partial charge in [0.05, 0.1) is 25.5 Å². The minimum absolute atomic E-state index is 0.105. The third kappa shape index (κ3) is 5.00. The predicted octanol–water partition coefficient (Wildman–Crippen LogP) is 0.374. The molecule has 1 heterocycles. The highest BCUT2D eigenvalue weighted by atomic mass is 16.4. The van der Waals surface area contributed by atoms with Crippen LogP contribution in [-0.4, -0.2) is 40.4 Å². The van der Waals surface area contributed by atoms with Crippen molar-refractivity contribution < 1.29 is 19.4 Å². The van der Waals surface area contributed by atoms with E-state index in [1.165, 1.54) is 0 Å². The van der Waals surface area contributed by atoms with Gasteiger partial charge in [0.25, 0.3) is 0 Å². The van der Waals surface area contributed by atoms with Gasteiger partial charge in [-0.25, -0.2) is 4.98 Å². The number of oxazole rings is 1. The summed E-state index contributed by atoms with van der Waals surface area (Å²) in [6.07, 6.45) is 2.28. The molecular formula is C13H22N2O4. The lowest BCUT2D eigenvalue weighted by atomic mass is 9.94. The van der Waals surface area contributed by atoms with Gasteiger partial charge >= 0.3 is 0 Å². The molecule has 0 radical (unpaired) electrons. The van der Waals surface area contributed by atoms with E-state index in [2.05, 4.69) is 10.3 Å². The second-order valence-electron chi connectivity index (χ2n) is 5.50. The number of carbonyl (C=O) groups excluding carboxylic acids is 1. The maximum Gasteiger partial charge on any atom is 0.220 e. The van der Waals surface area contributed by atoms with Gasteiger partial charge in [0, 0.05) is 18.3 Å². The number of nitrogens with zero attached hydrogens (tertiary/aromatic N) is 1. The number of aliphatic hydroxyl groups is 2. The van der Waals surface area contributed by atoms with Gasteiger partial charge in [-0.3, -0.25) is 4.79 Å². The Labute approximate surface area is 112 Å². The smallest absolute Gasteiger partial charge is 0.220 e. The topological polar surface area (TPSA) is 95.6 Å². The van der Waals surface area contributed by atoms with Crippen molar-refractivity contribution in [2.75, 3.05) is 13.2 Å². The third-order valence-corrected chi connectivity index (χ3v) is 2.66. The summed E-state index contributed by atoms with van der Waals surface area (Å²) >= 11 is 0. The van der Waals surface area contributed by atoms with E-state index in [9.17, 15) is 4.79 Å². The molecule has 0 saturated carbocycles. The van der Waals surface area contributed by atoms with Gasteiger partial charge in [0.15, 0.2) is 5.89 Å². The van der Waals surface area contributed by atoms with Crippen molar-refractivity contribution >= 4 is 5.91 Å². The average molecular weight is 270 g/mol. The zero-order chi connectivity index (χ0) is 14.5. The van der Waals surface area contributed by atoms with Gasteiger partial charge in [-0.15, -0.1) is 0 Å². The maximum atomic E-state index is 11.5. The Morgan fingerprint density at radius 3 is 2.53 bits per heavy atom. The van der Waals surface area contributed by atoms with Gasteiger partial charge in [-0.1, -0.05) is 20.8 Å². The molecule has 0 aliphatic carbocycles. The number of aliphatic hydroxyl groups excluding tert-OH is 2.